The molecule has 19 heavy (non-hydrogen) atoms. The predicted molar refractivity (Wildman–Crippen MR) is 69.8 cm³/mol. The lowest BCUT2D eigenvalue weighted by molar-refractivity contribution is 0.0391. The Morgan fingerprint density at radius 3 is 2.53 bits per heavy atom. The first-order chi connectivity index (χ1) is 9.22. The fourth-order valence-electron chi connectivity index (χ4n) is 2.29. The summed E-state index contributed by atoms with van der Waals surface area (Å²) in [4.78, 5) is 23.4. The van der Waals surface area contributed by atoms with E-state index in [4.69, 9.17) is 5.11 Å². The number of carbonyl (C=O) groups is 2. The van der Waals surface area contributed by atoms with Crippen LogP contribution in [0.5, 0.6) is 0 Å². The fraction of sp³-hybridized carbons (Fsp3) is 0.0667. The van der Waals surface area contributed by atoms with Crippen molar-refractivity contribution in [2.24, 2.45) is 0 Å². The van der Waals surface area contributed by atoms with Crippen LogP contribution in [0.3, 0.4) is 0 Å². The van der Waals surface area contributed by atoms with Crippen molar-refractivity contribution in [2.45, 2.75) is 0 Å². The minimum Gasteiger partial charge on any atom is -0.392 e. The maximum atomic E-state index is 11.7. The number of hydrogen-bond acceptors (Lipinski definition) is 4. The van der Waals surface area contributed by atoms with E-state index in [-0.39, 0.29) is 6.61 Å². The Morgan fingerprint density at radius 2 is 1.79 bits per heavy atom. The molecular weight excluding hydrogens is 244 g/mol. The number of ether oxygens (including phenoxy) is 1. The first kappa shape index (κ1) is 11.6. The summed E-state index contributed by atoms with van der Waals surface area (Å²) in [5, 5.41) is 10.2. The van der Waals surface area contributed by atoms with Crippen LogP contribution < -0.4 is 0 Å². The van der Waals surface area contributed by atoms with Crippen molar-refractivity contribution < 1.29 is 19.4 Å². The van der Waals surface area contributed by atoms with E-state index in [1.807, 2.05) is 6.07 Å². The Morgan fingerprint density at radius 1 is 1.05 bits per heavy atom. The van der Waals surface area contributed by atoms with Crippen molar-refractivity contribution >= 4 is 28.8 Å². The third-order valence-corrected chi connectivity index (χ3v) is 3.10. The highest BCUT2D eigenvalue weighted by Gasteiger charge is 2.27. The third-order valence-electron chi connectivity index (χ3n) is 3.10. The van der Waals surface area contributed by atoms with Crippen LogP contribution in [0.4, 0.5) is 0 Å². The number of aliphatic hydroxyl groups is 1. The summed E-state index contributed by atoms with van der Waals surface area (Å²) < 4.78 is 4.69. The number of aliphatic hydroxyl groups excluding tert-OH is 1. The molecule has 4 heteroatoms. The summed E-state index contributed by atoms with van der Waals surface area (Å²) in [6, 6.07) is 8.63. The van der Waals surface area contributed by atoms with Crippen LogP contribution in [0.15, 0.2) is 36.4 Å². The van der Waals surface area contributed by atoms with E-state index in [0.29, 0.717) is 16.5 Å². The van der Waals surface area contributed by atoms with Gasteiger partial charge in [-0.2, -0.15) is 0 Å². The van der Waals surface area contributed by atoms with Gasteiger partial charge < -0.3 is 9.84 Å². The van der Waals surface area contributed by atoms with Gasteiger partial charge in [0.05, 0.1) is 17.7 Å². The summed E-state index contributed by atoms with van der Waals surface area (Å²) in [6.07, 6.45) is 3.36. The lowest BCUT2D eigenvalue weighted by Crippen LogP contribution is -2.19. The Kier molecular flexibility index (Phi) is 2.65. The van der Waals surface area contributed by atoms with Crippen LogP contribution in [-0.2, 0) is 4.74 Å². The molecule has 2 aromatic rings. The zero-order valence-electron chi connectivity index (χ0n) is 9.92. The molecule has 4 nitrogen and oxygen atoms in total. The van der Waals surface area contributed by atoms with Gasteiger partial charge in [0.1, 0.15) is 0 Å². The highest BCUT2D eigenvalue weighted by molar-refractivity contribution is 6.21. The van der Waals surface area contributed by atoms with Crippen molar-refractivity contribution in [3.05, 3.63) is 53.1 Å². The Labute approximate surface area is 108 Å². The normalized spacial score (nSPS) is 14.2. The second-order valence-electron chi connectivity index (χ2n) is 4.19. The molecular formula is C15H10O4. The molecule has 0 atom stereocenters. The molecule has 0 amide bonds. The monoisotopic (exact) mass is 254 g/mol. The van der Waals surface area contributed by atoms with E-state index in [1.54, 1.807) is 36.4 Å². The van der Waals surface area contributed by atoms with Crippen molar-refractivity contribution in [3.8, 4) is 0 Å². The van der Waals surface area contributed by atoms with Gasteiger partial charge in [0.2, 0.25) is 0 Å². The Bertz CT molecular complexity index is 708. The van der Waals surface area contributed by atoms with Gasteiger partial charge in [0.25, 0.3) is 0 Å². The summed E-state index contributed by atoms with van der Waals surface area (Å²) in [5.74, 6) is -1.24. The molecule has 0 aliphatic carbocycles. The van der Waals surface area contributed by atoms with E-state index < -0.39 is 11.9 Å². The average molecular weight is 254 g/mol. The molecule has 0 saturated carbocycles. The predicted octanol–water partition coefficient (Wildman–Crippen LogP) is 2.16. The molecule has 1 aliphatic rings. The van der Waals surface area contributed by atoms with Crippen molar-refractivity contribution in [1.82, 2.24) is 0 Å². The molecule has 0 fully saturated rings. The average Bonchev–Trinajstić information content (AvgIpc) is 2.42. The SMILES string of the molecule is O=C1OC(=O)c2ccc(C=CCO)c3cccc1c23. The van der Waals surface area contributed by atoms with Gasteiger partial charge in [0, 0.05) is 5.39 Å². The molecule has 94 valence electrons. The molecule has 3 rings (SSSR count). The first-order valence-corrected chi connectivity index (χ1v) is 5.82. The molecule has 0 aromatic heterocycles. The van der Waals surface area contributed by atoms with Gasteiger partial charge in [-0.1, -0.05) is 30.4 Å². The van der Waals surface area contributed by atoms with E-state index in [9.17, 15) is 9.59 Å². The number of cyclic esters (lactones) is 2. The van der Waals surface area contributed by atoms with Gasteiger partial charge in [-0.25, -0.2) is 9.59 Å². The molecule has 1 heterocycles. The van der Waals surface area contributed by atoms with Crippen molar-refractivity contribution in [3.63, 3.8) is 0 Å². The van der Waals surface area contributed by atoms with Gasteiger partial charge in [-0.3, -0.25) is 0 Å². The summed E-state index contributed by atoms with van der Waals surface area (Å²) in [7, 11) is 0. The van der Waals surface area contributed by atoms with Crippen LogP contribution >= 0.6 is 0 Å². The highest BCUT2D eigenvalue weighted by Crippen LogP contribution is 2.31. The molecule has 0 saturated heterocycles. The molecule has 1 aliphatic heterocycles. The van der Waals surface area contributed by atoms with E-state index in [1.165, 1.54) is 0 Å². The largest absolute Gasteiger partial charge is 0.392 e. The smallest absolute Gasteiger partial charge is 0.346 e. The molecule has 0 unspecified atom stereocenters. The number of esters is 2. The van der Waals surface area contributed by atoms with Crippen LogP contribution in [0, 0.1) is 0 Å². The van der Waals surface area contributed by atoms with Gasteiger partial charge in [-0.15, -0.1) is 0 Å². The van der Waals surface area contributed by atoms with Crippen LogP contribution in [0.25, 0.3) is 16.8 Å². The quantitative estimate of drug-likeness (QED) is 0.659. The van der Waals surface area contributed by atoms with E-state index in [0.717, 1.165) is 10.9 Å². The Balaban J connectivity index is 2.38. The maximum Gasteiger partial charge on any atom is 0.346 e. The third kappa shape index (κ3) is 1.73. The topological polar surface area (TPSA) is 63.6 Å². The molecule has 1 N–H and O–H groups in total. The van der Waals surface area contributed by atoms with Crippen LogP contribution in [0.1, 0.15) is 26.3 Å². The fourth-order valence-corrected chi connectivity index (χ4v) is 2.29. The van der Waals surface area contributed by atoms with Gasteiger partial charge in [-0.05, 0) is 23.1 Å². The second-order valence-corrected chi connectivity index (χ2v) is 4.19. The van der Waals surface area contributed by atoms with Gasteiger partial charge in [0.15, 0.2) is 0 Å². The zero-order valence-corrected chi connectivity index (χ0v) is 9.92. The Hall–Kier alpha value is -2.46. The highest BCUT2D eigenvalue weighted by atomic mass is 16.6. The minimum absolute atomic E-state index is 0.0656. The second kappa shape index (κ2) is 4.33. The van der Waals surface area contributed by atoms with Crippen LogP contribution in [-0.4, -0.2) is 23.7 Å². The first-order valence-electron chi connectivity index (χ1n) is 5.82. The van der Waals surface area contributed by atoms with Crippen LogP contribution in [0.2, 0.25) is 0 Å². The number of benzene rings is 2. The molecule has 0 bridgehead atoms. The molecule has 0 radical (unpaired) electrons. The van der Waals surface area contributed by atoms with Crippen molar-refractivity contribution in [1.29, 1.82) is 0 Å². The molecule has 2 aromatic carbocycles. The lowest BCUT2D eigenvalue weighted by Gasteiger charge is -2.16. The minimum atomic E-state index is -0.619. The lowest BCUT2D eigenvalue weighted by atomic mass is 9.94. The summed E-state index contributed by atoms with van der Waals surface area (Å²) in [6.45, 7) is -0.0656. The zero-order chi connectivity index (χ0) is 13.4. The number of hydrogen-bond donors (Lipinski definition) is 1. The van der Waals surface area contributed by atoms with E-state index in [2.05, 4.69) is 4.74 Å². The van der Waals surface area contributed by atoms with Crippen molar-refractivity contribution in [2.75, 3.05) is 6.61 Å². The molecule has 0 spiro atoms. The van der Waals surface area contributed by atoms with E-state index >= 15 is 0 Å². The maximum absolute atomic E-state index is 11.7. The summed E-state index contributed by atoms with van der Waals surface area (Å²) in [5.41, 5.74) is 1.63. The standard InChI is InChI=1S/C15H10O4/c16-8-2-3-9-6-7-12-13-10(9)4-1-5-11(13)14(17)19-15(12)18/h1-7,16H,8H2. The van der Waals surface area contributed by atoms with Gasteiger partial charge >= 0.3 is 11.9 Å². The number of carbonyl (C=O) groups excluding carboxylic acids is 2. The summed E-state index contributed by atoms with van der Waals surface area (Å²) >= 11 is 0. The number of rotatable bonds is 2.